The lowest BCUT2D eigenvalue weighted by Crippen LogP contribution is -2.22. The number of carbonyl (C=O) groups excluding carboxylic acids is 1. The van der Waals surface area contributed by atoms with Crippen molar-refractivity contribution in [2.75, 3.05) is 26.5 Å². The van der Waals surface area contributed by atoms with Crippen LogP contribution in [-0.4, -0.2) is 44.8 Å². The van der Waals surface area contributed by atoms with Gasteiger partial charge >= 0.3 is 0 Å². The number of aromatic nitrogens is 1. The quantitative estimate of drug-likeness (QED) is 0.475. The highest BCUT2D eigenvalue weighted by Gasteiger charge is 2.18. The molecule has 8 nitrogen and oxygen atoms in total. The van der Waals surface area contributed by atoms with Crippen molar-refractivity contribution >= 4 is 32.7 Å². The molecular formula is C23H21N3O5S. The molecule has 0 unspecified atom stereocenters. The van der Waals surface area contributed by atoms with Gasteiger partial charge in [0.2, 0.25) is 15.9 Å². The standard InChI is InChI=1S/C23H21N3O5S/c1-26(2)32(28,29)17-11-8-15(9-12-17)22(27)24-16-10-13-19-21(14-16)31-23(25-19)18-6-4-5-7-20(18)30-3/h4-14H,1-3H3,(H,24,27). The molecule has 4 aromatic rings. The fourth-order valence-corrected chi connectivity index (χ4v) is 4.03. The van der Waals surface area contributed by atoms with Crippen molar-refractivity contribution < 1.29 is 22.4 Å². The summed E-state index contributed by atoms with van der Waals surface area (Å²) in [5.74, 6) is 0.688. The van der Waals surface area contributed by atoms with Crippen LogP contribution in [0.1, 0.15) is 10.4 Å². The lowest BCUT2D eigenvalue weighted by Gasteiger charge is -2.11. The highest BCUT2D eigenvalue weighted by Crippen LogP contribution is 2.32. The van der Waals surface area contributed by atoms with E-state index >= 15 is 0 Å². The Hall–Kier alpha value is -3.69. The Bertz CT molecular complexity index is 1390. The molecular weight excluding hydrogens is 430 g/mol. The molecule has 4 rings (SSSR count). The first kappa shape index (κ1) is 21.5. The van der Waals surface area contributed by atoms with Crippen LogP contribution in [-0.2, 0) is 10.0 Å². The molecule has 1 aromatic heterocycles. The van der Waals surface area contributed by atoms with Gasteiger partial charge in [0.1, 0.15) is 11.3 Å². The maximum absolute atomic E-state index is 12.6. The van der Waals surface area contributed by atoms with Crippen molar-refractivity contribution in [1.29, 1.82) is 0 Å². The summed E-state index contributed by atoms with van der Waals surface area (Å²) in [7, 11) is 0.933. The lowest BCUT2D eigenvalue weighted by molar-refractivity contribution is 0.102. The molecule has 32 heavy (non-hydrogen) atoms. The number of sulfonamides is 1. The van der Waals surface area contributed by atoms with E-state index in [0.29, 0.717) is 34.0 Å². The van der Waals surface area contributed by atoms with E-state index in [4.69, 9.17) is 9.15 Å². The molecule has 164 valence electrons. The zero-order chi connectivity index (χ0) is 22.9. The number of amides is 1. The van der Waals surface area contributed by atoms with Crippen LogP contribution in [0.5, 0.6) is 5.75 Å². The zero-order valence-corrected chi connectivity index (χ0v) is 18.5. The number of nitrogens with zero attached hydrogens (tertiary/aromatic N) is 2. The summed E-state index contributed by atoms with van der Waals surface area (Å²) in [6.07, 6.45) is 0. The molecule has 0 saturated carbocycles. The van der Waals surface area contributed by atoms with Gasteiger partial charge in [0.15, 0.2) is 5.58 Å². The third-order valence-electron chi connectivity index (χ3n) is 4.88. The predicted molar refractivity (Wildman–Crippen MR) is 121 cm³/mol. The number of oxazole rings is 1. The number of rotatable bonds is 6. The molecule has 0 atom stereocenters. The molecule has 9 heteroatoms. The molecule has 1 amide bonds. The van der Waals surface area contributed by atoms with Gasteiger partial charge in [0.25, 0.3) is 5.91 Å². The minimum atomic E-state index is -3.55. The molecule has 1 heterocycles. The van der Waals surface area contributed by atoms with Crippen molar-refractivity contribution in [2.45, 2.75) is 4.90 Å². The normalized spacial score (nSPS) is 11.6. The molecule has 0 spiro atoms. The van der Waals surface area contributed by atoms with Crippen LogP contribution < -0.4 is 10.1 Å². The monoisotopic (exact) mass is 451 g/mol. The summed E-state index contributed by atoms with van der Waals surface area (Å²) in [5.41, 5.74) is 2.73. The number of nitrogens with one attached hydrogen (secondary N) is 1. The molecule has 0 aliphatic carbocycles. The fraction of sp³-hybridized carbons (Fsp3) is 0.130. The van der Waals surface area contributed by atoms with E-state index in [2.05, 4.69) is 10.3 Å². The summed E-state index contributed by atoms with van der Waals surface area (Å²) in [5, 5.41) is 2.79. The lowest BCUT2D eigenvalue weighted by atomic mass is 10.2. The second kappa shape index (κ2) is 8.45. The number of hydrogen-bond acceptors (Lipinski definition) is 6. The van der Waals surface area contributed by atoms with Crippen LogP contribution in [0.25, 0.3) is 22.6 Å². The van der Waals surface area contributed by atoms with E-state index < -0.39 is 10.0 Å². The molecule has 0 aliphatic heterocycles. The zero-order valence-electron chi connectivity index (χ0n) is 17.7. The van der Waals surface area contributed by atoms with Crippen LogP contribution in [0.3, 0.4) is 0 Å². The number of benzene rings is 3. The Labute approximate surface area is 185 Å². The Morgan fingerprint density at radius 3 is 2.44 bits per heavy atom. The number of hydrogen-bond donors (Lipinski definition) is 1. The minimum absolute atomic E-state index is 0.117. The Kier molecular flexibility index (Phi) is 5.68. The first-order valence-corrected chi connectivity index (χ1v) is 11.1. The second-order valence-electron chi connectivity index (χ2n) is 7.17. The third-order valence-corrected chi connectivity index (χ3v) is 6.71. The molecule has 0 fully saturated rings. The molecule has 0 aliphatic rings. The number of methoxy groups -OCH3 is 1. The van der Waals surface area contributed by atoms with E-state index in [9.17, 15) is 13.2 Å². The van der Waals surface area contributed by atoms with Crippen LogP contribution in [0.4, 0.5) is 5.69 Å². The van der Waals surface area contributed by atoms with Crippen molar-refractivity contribution in [3.8, 4) is 17.2 Å². The number of fused-ring (bicyclic) bond motifs is 1. The summed E-state index contributed by atoms with van der Waals surface area (Å²) in [6, 6.07) is 18.3. The van der Waals surface area contributed by atoms with Crippen LogP contribution in [0.15, 0.2) is 76.0 Å². The van der Waals surface area contributed by atoms with Crippen molar-refractivity contribution in [3.05, 3.63) is 72.3 Å². The van der Waals surface area contributed by atoms with Crippen molar-refractivity contribution in [1.82, 2.24) is 9.29 Å². The fourth-order valence-electron chi connectivity index (χ4n) is 3.13. The average molecular weight is 452 g/mol. The number of para-hydroxylation sites is 1. The Balaban J connectivity index is 1.56. The van der Waals surface area contributed by atoms with Gasteiger partial charge in [-0.1, -0.05) is 12.1 Å². The SMILES string of the molecule is COc1ccccc1-c1nc2ccc(NC(=O)c3ccc(S(=O)(=O)N(C)C)cc3)cc2o1. The van der Waals surface area contributed by atoms with Crippen LogP contribution in [0.2, 0.25) is 0 Å². The van der Waals surface area contributed by atoms with E-state index in [1.54, 1.807) is 25.3 Å². The Morgan fingerprint density at radius 1 is 1.03 bits per heavy atom. The van der Waals surface area contributed by atoms with E-state index in [-0.39, 0.29) is 10.8 Å². The summed E-state index contributed by atoms with van der Waals surface area (Å²) >= 11 is 0. The molecule has 1 N–H and O–H groups in total. The van der Waals surface area contributed by atoms with Gasteiger partial charge in [0, 0.05) is 31.4 Å². The minimum Gasteiger partial charge on any atom is -0.496 e. The van der Waals surface area contributed by atoms with Crippen LogP contribution in [0, 0.1) is 0 Å². The van der Waals surface area contributed by atoms with Crippen LogP contribution >= 0.6 is 0 Å². The number of ether oxygens (including phenoxy) is 1. The molecule has 0 radical (unpaired) electrons. The van der Waals surface area contributed by atoms with Gasteiger partial charge in [-0.2, -0.15) is 0 Å². The average Bonchev–Trinajstić information content (AvgIpc) is 3.22. The molecule has 3 aromatic carbocycles. The summed E-state index contributed by atoms with van der Waals surface area (Å²) < 4.78 is 36.7. The van der Waals surface area contributed by atoms with Gasteiger partial charge in [-0.05, 0) is 48.5 Å². The first-order valence-electron chi connectivity index (χ1n) is 9.67. The third kappa shape index (κ3) is 4.08. The number of anilines is 1. The van der Waals surface area contributed by atoms with E-state index in [1.807, 2.05) is 24.3 Å². The van der Waals surface area contributed by atoms with Gasteiger partial charge in [-0.15, -0.1) is 0 Å². The van der Waals surface area contributed by atoms with Gasteiger partial charge in [-0.25, -0.2) is 17.7 Å². The van der Waals surface area contributed by atoms with E-state index in [1.165, 1.54) is 38.4 Å². The number of carbonyl (C=O) groups is 1. The highest BCUT2D eigenvalue weighted by atomic mass is 32.2. The maximum Gasteiger partial charge on any atom is 0.255 e. The van der Waals surface area contributed by atoms with Crippen molar-refractivity contribution in [2.24, 2.45) is 0 Å². The molecule has 0 saturated heterocycles. The summed E-state index contributed by atoms with van der Waals surface area (Å²) in [4.78, 5) is 17.2. The summed E-state index contributed by atoms with van der Waals surface area (Å²) in [6.45, 7) is 0. The van der Waals surface area contributed by atoms with Gasteiger partial charge in [-0.3, -0.25) is 4.79 Å². The maximum atomic E-state index is 12.6. The molecule has 0 bridgehead atoms. The van der Waals surface area contributed by atoms with Gasteiger partial charge in [0.05, 0.1) is 17.6 Å². The predicted octanol–water partition coefficient (Wildman–Crippen LogP) is 4.01. The highest BCUT2D eigenvalue weighted by molar-refractivity contribution is 7.89. The second-order valence-corrected chi connectivity index (χ2v) is 9.32. The topological polar surface area (TPSA) is 102 Å². The van der Waals surface area contributed by atoms with Gasteiger partial charge < -0.3 is 14.5 Å². The largest absolute Gasteiger partial charge is 0.496 e. The van der Waals surface area contributed by atoms with Crippen molar-refractivity contribution in [3.63, 3.8) is 0 Å². The first-order chi connectivity index (χ1) is 15.3. The smallest absolute Gasteiger partial charge is 0.255 e. The Morgan fingerprint density at radius 2 is 1.75 bits per heavy atom. The van der Waals surface area contributed by atoms with E-state index in [0.717, 1.165) is 9.87 Å².